The number of benzene rings is 1. The third-order valence-corrected chi connectivity index (χ3v) is 8.69. The second-order valence-electron chi connectivity index (χ2n) is 10.8. The summed E-state index contributed by atoms with van der Waals surface area (Å²) in [5, 5.41) is 3.69. The van der Waals surface area contributed by atoms with Gasteiger partial charge in [-0.1, -0.05) is 55.9 Å². The number of hydrogen-bond acceptors (Lipinski definition) is 2. The SMILES string of the molecule is CC12CCCC(c3ccccc3)(CC(CCC(=S)N[C@H]3CC[C@H](CN)CC3)C1)C2. The number of fused-ring (bicyclic) bond motifs is 2. The summed E-state index contributed by atoms with van der Waals surface area (Å²) in [6, 6.07) is 12.0. The Morgan fingerprint density at radius 2 is 1.83 bits per heavy atom. The number of rotatable bonds is 6. The zero-order chi connectivity index (χ0) is 20.3. The largest absolute Gasteiger partial charge is 0.377 e. The zero-order valence-corrected chi connectivity index (χ0v) is 19.1. The van der Waals surface area contributed by atoms with Gasteiger partial charge in [-0.25, -0.2) is 0 Å². The van der Waals surface area contributed by atoms with Crippen LogP contribution in [0.25, 0.3) is 0 Å². The Hall–Kier alpha value is -0.930. The van der Waals surface area contributed by atoms with Crippen LogP contribution in [0.4, 0.5) is 0 Å². The van der Waals surface area contributed by atoms with Crippen molar-refractivity contribution in [3.05, 3.63) is 35.9 Å². The van der Waals surface area contributed by atoms with Crippen LogP contribution in [-0.4, -0.2) is 17.6 Å². The van der Waals surface area contributed by atoms with Crippen molar-refractivity contribution >= 4 is 17.2 Å². The Morgan fingerprint density at radius 1 is 1.07 bits per heavy atom. The van der Waals surface area contributed by atoms with Crippen LogP contribution in [0.1, 0.15) is 89.5 Å². The fourth-order valence-electron chi connectivity index (χ4n) is 7.06. The van der Waals surface area contributed by atoms with Gasteiger partial charge in [-0.2, -0.15) is 0 Å². The van der Waals surface area contributed by atoms with E-state index in [1.54, 1.807) is 5.56 Å². The topological polar surface area (TPSA) is 38.0 Å². The van der Waals surface area contributed by atoms with Gasteiger partial charge >= 0.3 is 0 Å². The molecule has 3 fully saturated rings. The lowest BCUT2D eigenvalue weighted by Crippen LogP contribution is -2.45. The molecule has 4 rings (SSSR count). The molecule has 1 aromatic rings. The first-order chi connectivity index (χ1) is 14.0. The number of hydrogen-bond donors (Lipinski definition) is 2. The van der Waals surface area contributed by atoms with Crippen molar-refractivity contribution in [3.8, 4) is 0 Å². The molecule has 3 heteroatoms. The molecule has 29 heavy (non-hydrogen) atoms. The predicted molar refractivity (Wildman–Crippen MR) is 127 cm³/mol. The number of thiocarbonyl (C=S) groups is 1. The molecule has 0 amide bonds. The zero-order valence-electron chi connectivity index (χ0n) is 18.3. The van der Waals surface area contributed by atoms with Gasteiger partial charge in [0.2, 0.25) is 0 Å². The highest BCUT2D eigenvalue weighted by Crippen LogP contribution is 2.58. The number of nitrogens with one attached hydrogen (secondary N) is 1. The van der Waals surface area contributed by atoms with Gasteiger partial charge in [0.25, 0.3) is 0 Å². The highest BCUT2D eigenvalue weighted by atomic mass is 32.1. The van der Waals surface area contributed by atoms with Crippen molar-refractivity contribution < 1.29 is 0 Å². The Balaban J connectivity index is 1.34. The summed E-state index contributed by atoms with van der Waals surface area (Å²) in [5.41, 5.74) is 8.36. The van der Waals surface area contributed by atoms with Gasteiger partial charge in [0.1, 0.15) is 0 Å². The summed E-state index contributed by atoms with van der Waals surface area (Å²) in [6.07, 6.45) is 15.6. The van der Waals surface area contributed by atoms with Crippen LogP contribution in [0.15, 0.2) is 30.3 Å². The van der Waals surface area contributed by atoms with Crippen LogP contribution in [0.2, 0.25) is 0 Å². The van der Waals surface area contributed by atoms with Gasteiger partial charge in [-0.15, -0.1) is 0 Å². The summed E-state index contributed by atoms with van der Waals surface area (Å²) in [4.78, 5) is 1.11. The molecular formula is C26H40N2S. The van der Waals surface area contributed by atoms with Crippen LogP contribution in [-0.2, 0) is 5.41 Å². The van der Waals surface area contributed by atoms with Gasteiger partial charge in [-0.3, -0.25) is 0 Å². The van der Waals surface area contributed by atoms with E-state index < -0.39 is 0 Å². The average Bonchev–Trinajstić information content (AvgIpc) is 2.73. The number of nitrogens with two attached hydrogens (primary N) is 1. The third-order valence-electron chi connectivity index (χ3n) is 8.37. The summed E-state index contributed by atoms with van der Waals surface area (Å²) in [7, 11) is 0. The maximum atomic E-state index is 5.84. The van der Waals surface area contributed by atoms with E-state index in [1.807, 2.05) is 0 Å². The van der Waals surface area contributed by atoms with E-state index >= 15 is 0 Å². The molecule has 2 nitrogen and oxygen atoms in total. The van der Waals surface area contributed by atoms with E-state index in [0.29, 0.717) is 16.9 Å². The van der Waals surface area contributed by atoms with Gasteiger partial charge in [-0.05, 0) is 105 Å². The van der Waals surface area contributed by atoms with Gasteiger partial charge in [0, 0.05) is 6.04 Å². The highest BCUT2D eigenvalue weighted by Gasteiger charge is 2.49. The molecule has 0 aliphatic heterocycles. The quantitative estimate of drug-likeness (QED) is 0.552. The minimum absolute atomic E-state index is 0.410. The standard InChI is InChI=1S/C26H40N2S/c1-25-14-5-15-26(19-25,22-6-3-2-4-7-22)17-21(16-25)10-13-24(29)28-23-11-8-20(18-27)9-12-23/h2-4,6-7,20-21,23H,5,8-19,27H2,1H3,(H,28,29)/t20-,21?,23-,25?,26?. The maximum Gasteiger partial charge on any atom is 0.0755 e. The molecule has 3 aliphatic carbocycles. The average molecular weight is 413 g/mol. The molecule has 3 atom stereocenters. The first-order valence-electron chi connectivity index (χ1n) is 12.1. The van der Waals surface area contributed by atoms with Crippen LogP contribution >= 0.6 is 12.2 Å². The molecule has 0 saturated heterocycles. The Kier molecular flexibility index (Phi) is 6.65. The molecule has 0 aromatic heterocycles. The molecule has 0 radical (unpaired) electrons. The maximum absolute atomic E-state index is 5.84. The lowest BCUT2D eigenvalue weighted by atomic mass is 9.50. The lowest BCUT2D eigenvalue weighted by molar-refractivity contribution is 0.0274. The normalized spacial score (nSPS) is 37.1. The molecular weight excluding hydrogens is 372 g/mol. The van der Waals surface area contributed by atoms with E-state index in [2.05, 4.69) is 42.6 Å². The van der Waals surface area contributed by atoms with E-state index in [4.69, 9.17) is 18.0 Å². The molecule has 3 unspecified atom stereocenters. The third kappa shape index (κ3) is 5.05. The molecule has 3 saturated carbocycles. The smallest absolute Gasteiger partial charge is 0.0755 e. The second-order valence-corrected chi connectivity index (χ2v) is 11.3. The van der Waals surface area contributed by atoms with Crippen LogP contribution in [0.5, 0.6) is 0 Å². The lowest BCUT2D eigenvalue weighted by Gasteiger charge is -2.54. The molecule has 0 spiro atoms. The van der Waals surface area contributed by atoms with E-state index in [0.717, 1.165) is 29.8 Å². The van der Waals surface area contributed by atoms with Crippen molar-refractivity contribution in [3.63, 3.8) is 0 Å². The van der Waals surface area contributed by atoms with E-state index in [1.165, 1.54) is 70.6 Å². The Labute approximate surface area is 183 Å². The van der Waals surface area contributed by atoms with E-state index in [9.17, 15) is 0 Å². The minimum Gasteiger partial charge on any atom is -0.377 e. The first kappa shape index (κ1) is 21.3. The van der Waals surface area contributed by atoms with E-state index in [-0.39, 0.29) is 0 Å². The summed E-state index contributed by atoms with van der Waals surface area (Å²) in [5.74, 6) is 1.54. The summed E-state index contributed by atoms with van der Waals surface area (Å²) >= 11 is 5.78. The van der Waals surface area contributed by atoms with Crippen LogP contribution in [0, 0.1) is 17.3 Å². The van der Waals surface area contributed by atoms with Gasteiger partial charge < -0.3 is 11.1 Å². The predicted octanol–water partition coefficient (Wildman–Crippen LogP) is 6.13. The molecule has 3 N–H and O–H groups in total. The fourth-order valence-corrected chi connectivity index (χ4v) is 7.34. The van der Waals surface area contributed by atoms with Gasteiger partial charge in [0.15, 0.2) is 0 Å². The van der Waals surface area contributed by atoms with Crippen molar-refractivity contribution in [1.29, 1.82) is 0 Å². The molecule has 2 bridgehead atoms. The Morgan fingerprint density at radius 3 is 2.55 bits per heavy atom. The van der Waals surface area contributed by atoms with Crippen molar-refractivity contribution in [2.75, 3.05) is 6.54 Å². The van der Waals surface area contributed by atoms with Crippen LogP contribution < -0.4 is 11.1 Å². The van der Waals surface area contributed by atoms with Crippen molar-refractivity contribution in [1.82, 2.24) is 5.32 Å². The first-order valence-corrected chi connectivity index (χ1v) is 12.5. The monoisotopic (exact) mass is 412 g/mol. The van der Waals surface area contributed by atoms with Crippen molar-refractivity contribution in [2.24, 2.45) is 23.0 Å². The second kappa shape index (κ2) is 9.06. The molecule has 1 aromatic carbocycles. The molecule has 160 valence electrons. The summed E-state index contributed by atoms with van der Waals surface area (Å²) < 4.78 is 0. The fraction of sp³-hybridized carbons (Fsp3) is 0.731. The summed E-state index contributed by atoms with van der Waals surface area (Å²) in [6.45, 7) is 3.41. The van der Waals surface area contributed by atoms with Crippen molar-refractivity contribution in [2.45, 2.75) is 95.4 Å². The molecule has 0 heterocycles. The molecule has 3 aliphatic rings. The van der Waals surface area contributed by atoms with Crippen LogP contribution in [0.3, 0.4) is 0 Å². The Bertz CT molecular complexity index is 681. The highest BCUT2D eigenvalue weighted by molar-refractivity contribution is 7.80. The minimum atomic E-state index is 0.410. The van der Waals surface area contributed by atoms with Gasteiger partial charge in [0.05, 0.1) is 4.99 Å².